The lowest BCUT2D eigenvalue weighted by Gasteiger charge is -2.32. The van der Waals surface area contributed by atoms with Crippen LogP contribution in [0.2, 0.25) is 0 Å². The average molecular weight is 355 g/mol. The van der Waals surface area contributed by atoms with Crippen molar-refractivity contribution in [2.75, 3.05) is 13.1 Å². The van der Waals surface area contributed by atoms with Gasteiger partial charge in [0.25, 0.3) is 5.91 Å². The van der Waals surface area contributed by atoms with Crippen LogP contribution < -0.4 is 0 Å². The van der Waals surface area contributed by atoms with Crippen molar-refractivity contribution in [2.24, 2.45) is 5.92 Å². The molecule has 7 heteroatoms. The number of carboxylic acids is 1. The number of nitrogens with zero attached hydrogens (tertiary/aromatic N) is 2. The number of aromatic amines is 1. The Labute approximate surface area is 151 Å². The summed E-state index contributed by atoms with van der Waals surface area (Å²) in [7, 11) is 0. The fraction of sp³-hybridized carbons (Fsp3) is 0.368. The Morgan fingerprint density at radius 2 is 2.00 bits per heavy atom. The van der Waals surface area contributed by atoms with Crippen LogP contribution in [0.5, 0.6) is 0 Å². The molecule has 3 rings (SSSR count). The van der Waals surface area contributed by atoms with Crippen LogP contribution in [0.15, 0.2) is 36.7 Å². The van der Waals surface area contributed by atoms with E-state index in [4.69, 9.17) is 5.11 Å². The van der Waals surface area contributed by atoms with Crippen LogP contribution in [0.25, 0.3) is 0 Å². The third kappa shape index (κ3) is 3.99. The third-order valence-corrected chi connectivity index (χ3v) is 4.68. The number of aromatic nitrogens is 2. The van der Waals surface area contributed by atoms with Gasteiger partial charge in [-0.2, -0.15) is 0 Å². The quantitative estimate of drug-likeness (QED) is 0.774. The average Bonchev–Trinajstić information content (AvgIpc) is 3.16. The molecule has 1 fully saturated rings. The first-order valence-corrected chi connectivity index (χ1v) is 8.70. The molecular weight excluding hydrogens is 334 g/mol. The Morgan fingerprint density at radius 1 is 1.23 bits per heavy atom. The van der Waals surface area contributed by atoms with E-state index in [-0.39, 0.29) is 35.4 Å². The zero-order valence-electron chi connectivity index (χ0n) is 14.4. The highest BCUT2D eigenvalue weighted by Gasteiger charge is 2.29. The lowest BCUT2D eigenvalue weighted by Crippen LogP contribution is -2.40. The Morgan fingerprint density at radius 3 is 2.73 bits per heavy atom. The lowest BCUT2D eigenvalue weighted by molar-refractivity contribution is -0.137. The van der Waals surface area contributed by atoms with E-state index in [1.54, 1.807) is 29.2 Å². The minimum absolute atomic E-state index is 0.106. The van der Waals surface area contributed by atoms with Crippen LogP contribution in [0.1, 0.15) is 52.2 Å². The predicted molar refractivity (Wildman–Crippen MR) is 94.0 cm³/mol. The Balaban J connectivity index is 1.73. The van der Waals surface area contributed by atoms with Gasteiger partial charge >= 0.3 is 5.97 Å². The lowest BCUT2D eigenvalue weighted by atomic mass is 9.93. The molecule has 0 spiro atoms. The molecule has 26 heavy (non-hydrogen) atoms. The van der Waals surface area contributed by atoms with Crippen molar-refractivity contribution < 1.29 is 19.5 Å². The van der Waals surface area contributed by atoms with Crippen molar-refractivity contribution in [1.82, 2.24) is 14.9 Å². The van der Waals surface area contributed by atoms with Crippen LogP contribution >= 0.6 is 0 Å². The summed E-state index contributed by atoms with van der Waals surface area (Å²) in [5.74, 6) is -1.21. The number of hydrogen-bond donors (Lipinski definition) is 2. The van der Waals surface area contributed by atoms with Crippen molar-refractivity contribution in [1.29, 1.82) is 0 Å². The monoisotopic (exact) mass is 355 g/mol. The predicted octanol–water partition coefficient (Wildman–Crippen LogP) is 2.36. The zero-order chi connectivity index (χ0) is 18.5. The van der Waals surface area contributed by atoms with Gasteiger partial charge in [-0.3, -0.25) is 14.4 Å². The minimum Gasteiger partial charge on any atom is -0.481 e. The van der Waals surface area contributed by atoms with Crippen molar-refractivity contribution in [3.8, 4) is 0 Å². The number of imidazole rings is 1. The molecule has 7 nitrogen and oxygen atoms in total. The summed E-state index contributed by atoms with van der Waals surface area (Å²) in [6.45, 7) is 1.10. The molecule has 0 saturated carbocycles. The summed E-state index contributed by atoms with van der Waals surface area (Å²) in [5.41, 5.74) is 0.790. The summed E-state index contributed by atoms with van der Waals surface area (Å²) in [6.07, 6.45) is 3.75. The number of likely N-dealkylation sites (tertiary alicyclic amines) is 1. The molecule has 2 N–H and O–H groups in total. The van der Waals surface area contributed by atoms with Gasteiger partial charge in [-0.25, -0.2) is 4.98 Å². The van der Waals surface area contributed by atoms with Gasteiger partial charge in [-0.05, 0) is 25.2 Å². The highest BCUT2D eigenvalue weighted by molar-refractivity contribution is 6.13. The summed E-state index contributed by atoms with van der Waals surface area (Å²) >= 11 is 0. The van der Waals surface area contributed by atoms with E-state index in [0.717, 1.165) is 12.8 Å². The maximum atomic E-state index is 12.9. The van der Waals surface area contributed by atoms with E-state index in [9.17, 15) is 14.4 Å². The van der Waals surface area contributed by atoms with Gasteiger partial charge in [-0.15, -0.1) is 0 Å². The first-order valence-electron chi connectivity index (χ1n) is 8.70. The van der Waals surface area contributed by atoms with Gasteiger partial charge in [0, 0.05) is 25.1 Å². The maximum Gasteiger partial charge on any atom is 0.303 e. The van der Waals surface area contributed by atoms with E-state index in [2.05, 4.69) is 9.97 Å². The molecular formula is C19H21N3O4. The van der Waals surface area contributed by atoms with Crippen LogP contribution in [0, 0.1) is 5.92 Å². The second-order valence-corrected chi connectivity index (χ2v) is 6.51. The molecule has 1 unspecified atom stereocenters. The molecule has 2 aromatic rings. The zero-order valence-corrected chi connectivity index (χ0v) is 14.4. The Hall–Kier alpha value is -2.96. The standard InChI is InChI=1S/C19H21N3O4/c23-15(24)9-8-13-5-4-10-22(11-13)19(26)17-16(20-12-21-17)18(25)14-6-2-1-3-7-14/h1-3,6-7,12-13H,4-5,8-11H2,(H,20,21)(H,23,24). The van der Waals surface area contributed by atoms with Crippen LogP contribution in [0.3, 0.4) is 0 Å². The Kier molecular flexibility index (Phi) is 5.46. The topological polar surface area (TPSA) is 103 Å². The molecule has 1 aliphatic rings. The summed E-state index contributed by atoms with van der Waals surface area (Å²) in [6, 6.07) is 8.72. The van der Waals surface area contributed by atoms with Crippen molar-refractivity contribution >= 4 is 17.7 Å². The normalized spacial score (nSPS) is 17.1. The van der Waals surface area contributed by atoms with Crippen molar-refractivity contribution in [2.45, 2.75) is 25.7 Å². The largest absolute Gasteiger partial charge is 0.481 e. The number of aliphatic carboxylic acids is 1. The van der Waals surface area contributed by atoms with E-state index < -0.39 is 5.97 Å². The number of benzene rings is 1. The number of ketones is 1. The van der Waals surface area contributed by atoms with Crippen LogP contribution in [-0.4, -0.2) is 50.7 Å². The molecule has 1 saturated heterocycles. The number of hydrogen-bond acceptors (Lipinski definition) is 4. The fourth-order valence-corrected chi connectivity index (χ4v) is 3.33. The maximum absolute atomic E-state index is 12.9. The number of H-pyrrole nitrogens is 1. The number of carboxylic acid groups (broad SMARTS) is 1. The molecule has 0 radical (unpaired) electrons. The highest BCUT2D eigenvalue weighted by Crippen LogP contribution is 2.23. The molecule has 136 valence electrons. The molecule has 1 aliphatic heterocycles. The highest BCUT2D eigenvalue weighted by atomic mass is 16.4. The van der Waals surface area contributed by atoms with E-state index in [1.807, 2.05) is 6.07 Å². The van der Waals surface area contributed by atoms with E-state index in [1.165, 1.54) is 6.33 Å². The molecule has 2 heterocycles. The van der Waals surface area contributed by atoms with Gasteiger partial charge in [0.05, 0.1) is 6.33 Å². The Bertz CT molecular complexity index is 800. The summed E-state index contributed by atoms with van der Waals surface area (Å²) in [4.78, 5) is 44.8. The molecule has 0 aliphatic carbocycles. The van der Waals surface area contributed by atoms with Gasteiger partial charge in [-0.1, -0.05) is 30.3 Å². The number of carbonyl (C=O) groups is 3. The first-order chi connectivity index (χ1) is 12.6. The van der Waals surface area contributed by atoms with E-state index >= 15 is 0 Å². The molecule has 1 amide bonds. The number of amides is 1. The summed E-state index contributed by atoms with van der Waals surface area (Å²) < 4.78 is 0. The second-order valence-electron chi connectivity index (χ2n) is 6.51. The second kappa shape index (κ2) is 7.95. The van der Waals surface area contributed by atoms with Crippen LogP contribution in [0.4, 0.5) is 0 Å². The van der Waals surface area contributed by atoms with Crippen molar-refractivity contribution in [3.05, 3.63) is 53.6 Å². The number of rotatable bonds is 6. The molecule has 0 bridgehead atoms. The molecule has 1 atom stereocenters. The molecule has 1 aromatic heterocycles. The minimum atomic E-state index is -0.822. The SMILES string of the molecule is O=C(O)CCC1CCCN(C(=O)c2[nH]cnc2C(=O)c2ccccc2)C1. The fourth-order valence-electron chi connectivity index (χ4n) is 3.33. The third-order valence-electron chi connectivity index (χ3n) is 4.68. The van der Waals surface area contributed by atoms with Gasteiger partial charge < -0.3 is 15.0 Å². The smallest absolute Gasteiger partial charge is 0.303 e. The molecule has 1 aromatic carbocycles. The summed E-state index contributed by atoms with van der Waals surface area (Å²) in [5, 5.41) is 8.84. The first kappa shape index (κ1) is 17.8. The number of carbonyl (C=O) groups excluding carboxylic acids is 2. The van der Waals surface area contributed by atoms with Gasteiger partial charge in [0.2, 0.25) is 5.78 Å². The van der Waals surface area contributed by atoms with E-state index in [0.29, 0.717) is 25.1 Å². The van der Waals surface area contributed by atoms with Crippen molar-refractivity contribution in [3.63, 3.8) is 0 Å². The number of piperidine rings is 1. The van der Waals surface area contributed by atoms with Crippen LogP contribution in [-0.2, 0) is 4.79 Å². The van der Waals surface area contributed by atoms with Gasteiger partial charge in [0.1, 0.15) is 11.4 Å². The van der Waals surface area contributed by atoms with Gasteiger partial charge in [0.15, 0.2) is 0 Å². The number of nitrogens with one attached hydrogen (secondary N) is 1.